The summed E-state index contributed by atoms with van der Waals surface area (Å²) in [5.41, 5.74) is 6.14. The maximum absolute atomic E-state index is 12.9. The van der Waals surface area contributed by atoms with E-state index in [2.05, 4.69) is 15.4 Å². The molecule has 2 heterocycles. The van der Waals surface area contributed by atoms with Crippen LogP contribution in [0.4, 0.5) is 5.69 Å². The second kappa shape index (κ2) is 7.59. The van der Waals surface area contributed by atoms with Crippen LogP contribution in [0.3, 0.4) is 0 Å². The SMILES string of the molecule is Cc1ccc(NC(=O)Cn2cnc3c(cnn3-c3ccc(C)c(C)c3)c2=O)c(C)c1. The molecule has 0 aliphatic heterocycles. The number of hydrogen-bond acceptors (Lipinski definition) is 4. The van der Waals surface area contributed by atoms with Gasteiger partial charge in [0.25, 0.3) is 5.56 Å². The number of benzene rings is 2. The lowest BCUT2D eigenvalue weighted by molar-refractivity contribution is -0.116. The Labute approximate surface area is 174 Å². The topological polar surface area (TPSA) is 81.8 Å². The third-order valence-corrected chi connectivity index (χ3v) is 5.26. The lowest BCUT2D eigenvalue weighted by atomic mass is 10.1. The summed E-state index contributed by atoms with van der Waals surface area (Å²) in [6.45, 7) is 7.88. The molecular weight excluding hydrogens is 378 g/mol. The number of amides is 1. The molecule has 152 valence electrons. The second-order valence-corrected chi connectivity index (χ2v) is 7.61. The highest BCUT2D eigenvalue weighted by molar-refractivity contribution is 5.91. The van der Waals surface area contributed by atoms with Gasteiger partial charge >= 0.3 is 0 Å². The molecule has 0 fully saturated rings. The fraction of sp³-hybridized carbons (Fsp3) is 0.217. The summed E-state index contributed by atoms with van der Waals surface area (Å²) in [6.07, 6.45) is 2.89. The Hall–Kier alpha value is -3.74. The second-order valence-electron chi connectivity index (χ2n) is 7.61. The summed E-state index contributed by atoms with van der Waals surface area (Å²) < 4.78 is 2.94. The standard InChI is InChI=1S/C23H23N5O2/c1-14-5-8-20(17(4)9-14)26-21(29)12-27-13-24-22-19(23(27)30)11-25-28(22)18-7-6-15(2)16(3)10-18/h5-11,13H,12H2,1-4H3,(H,26,29). The number of aromatic nitrogens is 4. The van der Waals surface area contributed by atoms with E-state index in [0.29, 0.717) is 11.0 Å². The molecule has 0 saturated carbocycles. The van der Waals surface area contributed by atoms with Gasteiger partial charge in [-0.05, 0) is 62.6 Å². The number of hydrogen-bond donors (Lipinski definition) is 1. The summed E-state index contributed by atoms with van der Waals surface area (Å²) in [7, 11) is 0. The molecule has 0 spiro atoms. The van der Waals surface area contributed by atoms with Gasteiger partial charge in [0.05, 0.1) is 11.9 Å². The molecule has 0 radical (unpaired) electrons. The van der Waals surface area contributed by atoms with Gasteiger partial charge in [-0.3, -0.25) is 14.2 Å². The smallest absolute Gasteiger partial charge is 0.264 e. The minimum absolute atomic E-state index is 0.121. The van der Waals surface area contributed by atoms with Crippen LogP contribution >= 0.6 is 0 Å². The summed E-state index contributed by atoms with van der Waals surface area (Å²) in [5.74, 6) is -0.285. The van der Waals surface area contributed by atoms with Gasteiger partial charge in [0.15, 0.2) is 5.65 Å². The average Bonchev–Trinajstić information content (AvgIpc) is 3.13. The zero-order valence-electron chi connectivity index (χ0n) is 17.4. The van der Waals surface area contributed by atoms with Crippen molar-refractivity contribution in [3.8, 4) is 5.69 Å². The first-order valence-electron chi connectivity index (χ1n) is 9.71. The summed E-state index contributed by atoms with van der Waals surface area (Å²) in [5, 5.41) is 7.57. The molecule has 0 aliphatic carbocycles. The van der Waals surface area contributed by atoms with Crippen molar-refractivity contribution < 1.29 is 4.79 Å². The number of nitrogens with one attached hydrogen (secondary N) is 1. The first-order valence-corrected chi connectivity index (χ1v) is 9.71. The number of aryl methyl sites for hydroxylation is 4. The number of carbonyl (C=O) groups is 1. The fourth-order valence-corrected chi connectivity index (χ4v) is 3.41. The van der Waals surface area contributed by atoms with Crippen LogP contribution in [0.5, 0.6) is 0 Å². The Bertz CT molecular complexity index is 1330. The van der Waals surface area contributed by atoms with E-state index in [1.165, 1.54) is 22.7 Å². The van der Waals surface area contributed by atoms with Gasteiger partial charge in [-0.15, -0.1) is 0 Å². The quantitative estimate of drug-likeness (QED) is 0.568. The Kier molecular flexibility index (Phi) is 4.95. The molecule has 2 aromatic heterocycles. The fourth-order valence-electron chi connectivity index (χ4n) is 3.41. The Morgan fingerprint density at radius 2 is 1.80 bits per heavy atom. The van der Waals surface area contributed by atoms with Gasteiger partial charge in [-0.1, -0.05) is 23.8 Å². The zero-order valence-corrected chi connectivity index (χ0v) is 17.4. The van der Waals surface area contributed by atoms with Crippen LogP contribution in [0.15, 0.2) is 53.7 Å². The van der Waals surface area contributed by atoms with Crippen LogP contribution in [-0.4, -0.2) is 25.2 Å². The van der Waals surface area contributed by atoms with E-state index in [0.717, 1.165) is 28.1 Å². The molecule has 30 heavy (non-hydrogen) atoms. The summed E-state index contributed by atoms with van der Waals surface area (Å²) >= 11 is 0. The molecule has 2 aromatic carbocycles. The van der Waals surface area contributed by atoms with Crippen LogP contribution in [0.2, 0.25) is 0 Å². The van der Waals surface area contributed by atoms with Crippen molar-refractivity contribution in [3.63, 3.8) is 0 Å². The van der Waals surface area contributed by atoms with Crippen LogP contribution in [0.25, 0.3) is 16.7 Å². The van der Waals surface area contributed by atoms with Gasteiger partial charge in [0.1, 0.15) is 18.3 Å². The van der Waals surface area contributed by atoms with E-state index >= 15 is 0 Å². The molecule has 0 aliphatic rings. The molecule has 0 saturated heterocycles. The highest BCUT2D eigenvalue weighted by Gasteiger charge is 2.14. The average molecular weight is 401 g/mol. The number of rotatable bonds is 4. The molecule has 4 rings (SSSR count). The molecular formula is C23H23N5O2. The van der Waals surface area contributed by atoms with Crippen molar-refractivity contribution in [1.29, 1.82) is 0 Å². The summed E-state index contributed by atoms with van der Waals surface area (Å²) in [4.78, 5) is 29.8. The molecule has 4 aromatic rings. The highest BCUT2D eigenvalue weighted by atomic mass is 16.2. The van der Waals surface area contributed by atoms with E-state index in [9.17, 15) is 9.59 Å². The monoisotopic (exact) mass is 401 g/mol. The number of anilines is 1. The minimum atomic E-state index is -0.300. The Morgan fingerprint density at radius 3 is 2.53 bits per heavy atom. The van der Waals surface area contributed by atoms with E-state index in [4.69, 9.17) is 0 Å². The normalized spacial score (nSPS) is 11.1. The molecule has 7 nitrogen and oxygen atoms in total. The third kappa shape index (κ3) is 3.61. The van der Waals surface area contributed by atoms with Gasteiger partial charge in [-0.2, -0.15) is 5.10 Å². The number of nitrogens with zero attached hydrogens (tertiary/aromatic N) is 4. The van der Waals surface area contributed by atoms with Gasteiger partial charge in [0, 0.05) is 5.69 Å². The van der Waals surface area contributed by atoms with Crippen molar-refractivity contribution in [2.75, 3.05) is 5.32 Å². The summed E-state index contributed by atoms with van der Waals surface area (Å²) in [6, 6.07) is 11.8. The molecule has 1 N–H and O–H groups in total. The predicted octanol–water partition coefficient (Wildman–Crippen LogP) is 3.45. The molecule has 7 heteroatoms. The molecule has 1 amide bonds. The van der Waals surface area contributed by atoms with Gasteiger partial charge in [0.2, 0.25) is 5.91 Å². The van der Waals surface area contributed by atoms with Crippen LogP contribution in [0, 0.1) is 27.7 Å². The van der Waals surface area contributed by atoms with Crippen LogP contribution in [-0.2, 0) is 11.3 Å². The maximum Gasteiger partial charge on any atom is 0.264 e. The lowest BCUT2D eigenvalue weighted by Gasteiger charge is -2.10. The van der Waals surface area contributed by atoms with Crippen molar-refractivity contribution >= 4 is 22.6 Å². The van der Waals surface area contributed by atoms with Crippen molar-refractivity contribution in [3.05, 3.63) is 81.5 Å². The van der Waals surface area contributed by atoms with Gasteiger partial charge < -0.3 is 5.32 Å². The van der Waals surface area contributed by atoms with Crippen molar-refractivity contribution in [2.24, 2.45) is 0 Å². The minimum Gasteiger partial charge on any atom is -0.324 e. The maximum atomic E-state index is 12.9. The number of carbonyl (C=O) groups excluding carboxylic acids is 1. The first kappa shape index (κ1) is 19.6. The van der Waals surface area contributed by atoms with Crippen LogP contribution in [0.1, 0.15) is 22.3 Å². The lowest BCUT2D eigenvalue weighted by Crippen LogP contribution is -2.28. The van der Waals surface area contributed by atoms with E-state index < -0.39 is 0 Å². The Morgan fingerprint density at radius 1 is 1.00 bits per heavy atom. The first-order chi connectivity index (χ1) is 14.3. The van der Waals surface area contributed by atoms with Crippen LogP contribution < -0.4 is 10.9 Å². The number of fused-ring (bicyclic) bond motifs is 1. The van der Waals surface area contributed by atoms with E-state index in [1.54, 1.807) is 4.68 Å². The predicted molar refractivity (Wildman–Crippen MR) is 117 cm³/mol. The zero-order chi connectivity index (χ0) is 21.4. The Balaban J connectivity index is 1.62. The molecule has 0 bridgehead atoms. The molecule has 0 atom stereocenters. The van der Waals surface area contributed by atoms with E-state index in [1.807, 2.05) is 64.1 Å². The largest absolute Gasteiger partial charge is 0.324 e. The molecule has 0 unspecified atom stereocenters. The van der Waals surface area contributed by atoms with Crippen molar-refractivity contribution in [2.45, 2.75) is 34.2 Å². The van der Waals surface area contributed by atoms with Gasteiger partial charge in [-0.25, -0.2) is 9.67 Å². The third-order valence-electron chi connectivity index (χ3n) is 5.26. The van der Waals surface area contributed by atoms with Crippen molar-refractivity contribution in [1.82, 2.24) is 19.3 Å². The van der Waals surface area contributed by atoms with E-state index in [-0.39, 0.29) is 18.0 Å². The highest BCUT2D eigenvalue weighted by Crippen LogP contribution is 2.18.